The van der Waals surface area contributed by atoms with Crippen LogP contribution in [0.3, 0.4) is 0 Å². The summed E-state index contributed by atoms with van der Waals surface area (Å²) in [5.74, 6) is 0.245. The van der Waals surface area contributed by atoms with Gasteiger partial charge in [0, 0.05) is 26.2 Å². The van der Waals surface area contributed by atoms with Crippen molar-refractivity contribution >= 4 is 5.91 Å². The monoisotopic (exact) mass is 242 g/mol. The number of amides is 1. The lowest BCUT2D eigenvalue weighted by molar-refractivity contribution is -0.135. The number of aliphatic hydroxyl groups is 1. The van der Waals surface area contributed by atoms with Crippen molar-refractivity contribution < 1.29 is 14.6 Å². The summed E-state index contributed by atoms with van der Waals surface area (Å²) < 4.78 is 5.42. The molecule has 0 aromatic heterocycles. The third kappa shape index (κ3) is 2.97. The van der Waals surface area contributed by atoms with Gasteiger partial charge in [0.2, 0.25) is 5.91 Å². The van der Waals surface area contributed by atoms with E-state index in [1.807, 2.05) is 6.92 Å². The minimum atomic E-state index is -0.532. The maximum atomic E-state index is 12.2. The number of ether oxygens (including phenoxy) is 1. The van der Waals surface area contributed by atoms with Crippen LogP contribution in [0, 0.1) is 5.92 Å². The molecule has 5 heteroatoms. The highest BCUT2D eigenvalue weighted by Crippen LogP contribution is 2.19. The minimum absolute atomic E-state index is 0.0799. The van der Waals surface area contributed by atoms with Gasteiger partial charge in [-0.3, -0.25) is 4.79 Å². The van der Waals surface area contributed by atoms with Gasteiger partial charge < -0.3 is 20.1 Å². The average Bonchev–Trinajstić information content (AvgIpc) is 2.72. The van der Waals surface area contributed by atoms with E-state index in [2.05, 4.69) is 5.32 Å². The number of nitrogens with zero attached hydrogens (tertiary/aromatic N) is 1. The fraction of sp³-hybridized carbons (Fsp3) is 0.917. The molecule has 2 saturated heterocycles. The van der Waals surface area contributed by atoms with Gasteiger partial charge in [0.15, 0.2) is 0 Å². The predicted octanol–water partition coefficient (Wildman–Crippen LogP) is -0.406. The van der Waals surface area contributed by atoms with Crippen molar-refractivity contribution in [2.75, 3.05) is 32.8 Å². The fourth-order valence-electron chi connectivity index (χ4n) is 2.64. The number of aliphatic hydroxyl groups excluding tert-OH is 1. The van der Waals surface area contributed by atoms with Crippen LogP contribution in [-0.4, -0.2) is 60.9 Å². The zero-order valence-corrected chi connectivity index (χ0v) is 10.4. The third-order valence-electron chi connectivity index (χ3n) is 3.58. The minimum Gasteiger partial charge on any atom is -0.388 e. The molecule has 2 N–H and O–H groups in total. The van der Waals surface area contributed by atoms with E-state index in [1.165, 1.54) is 0 Å². The third-order valence-corrected chi connectivity index (χ3v) is 3.58. The molecule has 0 saturated carbocycles. The van der Waals surface area contributed by atoms with E-state index in [0.717, 1.165) is 25.9 Å². The second-order valence-electron chi connectivity index (χ2n) is 4.85. The van der Waals surface area contributed by atoms with Gasteiger partial charge in [0.05, 0.1) is 12.0 Å². The first-order chi connectivity index (χ1) is 8.22. The quantitative estimate of drug-likeness (QED) is 0.706. The first-order valence-corrected chi connectivity index (χ1v) is 6.51. The first kappa shape index (κ1) is 12.8. The van der Waals surface area contributed by atoms with Crippen LogP contribution in [0.4, 0.5) is 0 Å². The van der Waals surface area contributed by atoms with E-state index < -0.39 is 6.10 Å². The van der Waals surface area contributed by atoms with Crippen molar-refractivity contribution in [3.05, 3.63) is 0 Å². The van der Waals surface area contributed by atoms with Gasteiger partial charge in [-0.15, -0.1) is 0 Å². The average molecular weight is 242 g/mol. The summed E-state index contributed by atoms with van der Waals surface area (Å²) in [6, 6.07) is 0. The SMILES string of the molecule is CCO[C@@H]1CN(C(=O)[C@@H]2CCCNC2)C[C@H]1O. The molecular weight excluding hydrogens is 220 g/mol. The molecule has 0 aliphatic carbocycles. The number of piperidine rings is 1. The Balaban J connectivity index is 1.88. The van der Waals surface area contributed by atoms with Crippen LogP contribution < -0.4 is 5.32 Å². The molecule has 17 heavy (non-hydrogen) atoms. The molecule has 2 rings (SSSR count). The van der Waals surface area contributed by atoms with E-state index in [1.54, 1.807) is 4.90 Å². The fourth-order valence-corrected chi connectivity index (χ4v) is 2.64. The number of rotatable bonds is 3. The lowest BCUT2D eigenvalue weighted by Crippen LogP contribution is -2.42. The van der Waals surface area contributed by atoms with Crippen LogP contribution in [0.2, 0.25) is 0 Å². The molecule has 0 radical (unpaired) electrons. The summed E-state index contributed by atoms with van der Waals surface area (Å²) in [7, 11) is 0. The van der Waals surface area contributed by atoms with Gasteiger partial charge in [-0.2, -0.15) is 0 Å². The Hall–Kier alpha value is -0.650. The van der Waals surface area contributed by atoms with E-state index in [0.29, 0.717) is 19.7 Å². The van der Waals surface area contributed by atoms with E-state index in [9.17, 15) is 9.90 Å². The molecule has 0 aromatic rings. The Morgan fingerprint density at radius 1 is 1.53 bits per heavy atom. The Labute approximate surface area is 102 Å². The highest BCUT2D eigenvalue weighted by molar-refractivity contribution is 5.79. The molecule has 0 bridgehead atoms. The molecule has 3 atom stereocenters. The lowest BCUT2D eigenvalue weighted by Gasteiger charge is -2.26. The Bertz CT molecular complexity index is 266. The van der Waals surface area contributed by atoms with Crippen molar-refractivity contribution in [1.29, 1.82) is 0 Å². The zero-order valence-electron chi connectivity index (χ0n) is 10.4. The second-order valence-corrected chi connectivity index (χ2v) is 4.85. The summed E-state index contributed by atoms with van der Waals surface area (Å²) in [5.41, 5.74) is 0. The maximum Gasteiger partial charge on any atom is 0.227 e. The maximum absolute atomic E-state index is 12.2. The lowest BCUT2D eigenvalue weighted by atomic mass is 9.98. The molecule has 1 amide bonds. The van der Waals surface area contributed by atoms with Gasteiger partial charge in [-0.1, -0.05) is 0 Å². The topological polar surface area (TPSA) is 61.8 Å². The van der Waals surface area contributed by atoms with Crippen LogP contribution in [0.25, 0.3) is 0 Å². The molecule has 0 aromatic carbocycles. The Morgan fingerprint density at radius 3 is 3.00 bits per heavy atom. The van der Waals surface area contributed by atoms with Gasteiger partial charge in [-0.25, -0.2) is 0 Å². The molecule has 98 valence electrons. The predicted molar refractivity (Wildman–Crippen MR) is 63.6 cm³/mol. The van der Waals surface area contributed by atoms with Crippen molar-refractivity contribution in [2.45, 2.75) is 32.0 Å². The molecule has 2 aliphatic rings. The Morgan fingerprint density at radius 2 is 2.35 bits per heavy atom. The van der Waals surface area contributed by atoms with Crippen molar-refractivity contribution in [3.8, 4) is 0 Å². The van der Waals surface area contributed by atoms with Gasteiger partial charge in [0.1, 0.15) is 6.10 Å². The van der Waals surface area contributed by atoms with Crippen molar-refractivity contribution in [3.63, 3.8) is 0 Å². The smallest absolute Gasteiger partial charge is 0.227 e. The summed E-state index contributed by atoms with van der Waals surface area (Å²) in [6.07, 6.45) is 1.27. The highest BCUT2D eigenvalue weighted by Gasteiger charge is 2.37. The van der Waals surface area contributed by atoms with Crippen molar-refractivity contribution in [2.24, 2.45) is 5.92 Å². The van der Waals surface area contributed by atoms with Crippen LogP contribution in [-0.2, 0) is 9.53 Å². The molecule has 0 unspecified atom stereocenters. The van der Waals surface area contributed by atoms with Crippen LogP contribution in [0.5, 0.6) is 0 Å². The van der Waals surface area contributed by atoms with Crippen LogP contribution >= 0.6 is 0 Å². The number of nitrogens with one attached hydrogen (secondary N) is 1. The zero-order chi connectivity index (χ0) is 12.3. The van der Waals surface area contributed by atoms with E-state index >= 15 is 0 Å². The standard InChI is InChI=1S/C12H22N2O3/c1-2-17-11-8-14(7-10(11)15)12(16)9-4-3-5-13-6-9/h9-11,13,15H,2-8H2,1H3/t9-,10-,11-/m1/s1. The number of carbonyl (C=O) groups excluding carboxylic acids is 1. The molecule has 5 nitrogen and oxygen atoms in total. The number of likely N-dealkylation sites (tertiary alicyclic amines) is 1. The summed E-state index contributed by atoms with van der Waals surface area (Å²) in [5, 5.41) is 13.0. The highest BCUT2D eigenvalue weighted by atomic mass is 16.5. The number of hydrogen-bond donors (Lipinski definition) is 2. The molecular formula is C12H22N2O3. The van der Waals surface area contributed by atoms with E-state index in [-0.39, 0.29) is 17.9 Å². The van der Waals surface area contributed by atoms with Crippen LogP contribution in [0.15, 0.2) is 0 Å². The summed E-state index contributed by atoms with van der Waals surface area (Å²) in [4.78, 5) is 14.0. The molecule has 2 aliphatic heterocycles. The largest absolute Gasteiger partial charge is 0.388 e. The normalized spacial score (nSPS) is 34.0. The molecule has 2 fully saturated rings. The first-order valence-electron chi connectivity index (χ1n) is 6.51. The number of β-amino-alcohol motifs (C(OH)–C–C–N with tert-alkyl or cyclic N) is 1. The summed E-state index contributed by atoms with van der Waals surface area (Å²) in [6.45, 7) is 5.21. The molecule has 0 spiro atoms. The van der Waals surface area contributed by atoms with Gasteiger partial charge in [-0.05, 0) is 26.3 Å². The Kier molecular flexibility index (Phi) is 4.36. The summed E-state index contributed by atoms with van der Waals surface area (Å²) >= 11 is 0. The van der Waals surface area contributed by atoms with Gasteiger partial charge in [0.25, 0.3) is 0 Å². The van der Waals surface area contributed by atoms with Crippen molar-refractivity contribution in [1.82, 2.24) is 10.2 Å². The number of carbonyl (C=O) groups is 1. The van der Waals surface area contributed by atoms with Crippen LogP contribution in [0.1, 0.15) is 19.8 Å². The molecule has 2 heterocycles. The second kappa shape index (κ2) is 5.80. The van der Waals surface area contributed by atoms with E-state index in [4.69, 9.17) is 4.74 Å². The van der Waals surface area contributed by atoms with Gasteiger partial charge >= 0.3 is 0 Å². The number of hydrogen-bond acceptors (Lipinski definition) is 4.